The van der Waals surface area contributed by atoms with Gasteiger partial charge in [-0.25, -0.2) is 9.55 Å². The van der Waals surface area contributed by atoms with Crippen LogP contribution in [0.4, 0.5) is 0 Å². The van der Waals surface area contributed by atoms with Crippen LogP contribution < -0.4 is 5.32 Å². The Bertz CT molecular complexity index is 2080. The molecule has 15 atom stereocenters. The van der Waals surface area contributed by atoms with E-state index in [1.54, 1.807) is 45.8 Å². The Morgan fingerprint density at radius 3 is 2.36 bits per heavy atom. The number of amides is 1. The van der Waals surface area contributed by atoms with E-state index in [0.717, 1.165) is 16.7 Å². The summed E-state index contributed by atoms with van der Waals surface area (Å²) < 4.78 is 48.2. The molecule has 70 heavy (non-hydrogen) atoms. The Morgan fingerprint density at radius 2 is 1.76 bits per heavy atom. The Morgan fingerprint density at radius 1 is 1.09 bits per heavy atom. The van der Waals surface area contributed by atoms with E-state index < -0.39 is 97.7 Å². The summed E-state index contributed by atoms with van der Waals surface area (Å²) in [5, 5.41) is 67.1. The molecule has 2 aliphatic rings. The van der Waals surface area contributed by atoms with Gasteiger partial charge in [-0.1, -0.05) is 77.5 Å². The van der Waals surface area contributed by atoms with Gasteiger partial charge in [-0.05, 0) is 64.9 Å². The topological polar surface area (TPSA) is 287 Å². The second-order valence-corrected chi connectivity index (χ2v) is 21.1. The van der Waals surface area contributed by atoms with E-state index in [1.165, 1.54) is 26.6 Å². The number of aliphatic hydroxyl groups excluding tert-OH is 5. The first-order chi connectivity index (χ1) is 32.6. The number of aromatic nitrogens is 1. The van der Waals surface area contributed by atoms with Crippen molar-refractivity contribution in [3.63, 3.8) is 0 Å². The van der Waals surface area contributed by atoms with Gasteiger partial charge in [0.25, 0.3) is 5.91 Å². The van der Waals surface area contributed by atoms with E-state index in [-0.39, 0.29) is 44.2 Å². The lowest BCUT2D eigenvalue weighted by Gasteiger charge is -2.50. The van der Waals surface area contributed by atoms with Crippen molar-refractivity contribution in [3.8, 4) is 6.07 Å². The molecule has 0 bridgehead atoms. The number of oxazole rings is 1. The molecule has 19 nitrogen and oxygen atoms in total. The van der Waals surface area contributed by atoms with Crippen molar-refractivity contribution in [1.82, 2.24) is 15.2 Å². The fourth-order valence-corrected chi connectivity index (χ4v) is 9.64. The third-order valence-electron chi connectivity index (χ3n) is 14.0. The van der Waals surface area contributed by atoms with Crippen molar-refractivity contribution in [2.75, 3.05) is 41.5 Å². The number of phosphoric ester groups is 1. The van der Waals surface area contributed by atoms with Crippen LogP contribution in [0.1, 0.15) is 105 Å². The minimum atomic E-state index is -5.15. The predicted molar refractivity (Wildman–Crippen MR) is 262 cm³/mol. The number of phosphoric acid groups is 1. The number of allylic oxidation sites excluding steroid dienone is 7. The lowest BCUT2D eigenvalue weighted by Crippen LogP contribution is -2.58. The molecule has 0 aromatic carbocycles. The van der Waals surface area contributed by atoms with Crippen molar-refractivity contribution in [2.45, 2.75) is 161 Å². The van der Waals surface area contributed by atoms with E-state index in [1.807, 2.05) is 78.0 Å². The maximum absolute atomic E-state index is 12.6. The summed E-state index contributed by atoms with van der Waals surface area (Å²) in [4.78, 5) is 39.2. The van der Waals surface area contributed by atoms with Gasteiger partial charge >= 0.3 is 7.82 Å². The molecular formula is C50H81N4O15P. The van der Waals surface area contributed by atoms with Crippen LogP contribution in [-0.4, -0.2) is 159 Å². The van der Waals surface area contributed by atoms with Crippen molar-refractivity contribution < 1.29 is 72.6 Å². The molecule has 2 aliphatic heterocycles. The highest BCUT2D eigenvalue weighted by molar-refractivity contribution is 7.46. The largest absolute Gasteiger partial charge is 0.469 e. The number of carbonyl (C=O) groups excluding carboxylic acids is 1. The Balaban J connectivity index is 1.74. The zero-order valence-corrected chi connectivity index (χ0v) is 44.0. The Hall–Kier alpha value is -3.42. The second kappa shape index (κ2) is 27.0. The number of rotatable bonds is 26. The van der Waals surface area contributed by atoms with Gasteiger partial charge in [0, 0.05) is 68.8 Å². The Kier molecular flexibility index (Phi) is 23.5. The smallest absolute Gasteiger partial charge is 0.448 e. The lowest BCUT2D eigenvalue weighted by atomic mass is 9.72. The molecule has 2 saturated heterocycles. The van der Waals surface area contributed by atoms with Gasteiger partial charge in [0.05, 0.1) is 49.2 Å². The van der Waals surface area contributed by atoms with E-state index in [0.29, 0.717) is 18.0 Å². The standard InChI is InChI=1S/C50H81N4O15P/c1-29(20-22-51)16-14-17-30(2)32(4)24-33(5)42(57)35(7)38(55)25-41(65-13)45-46(69-70(61,62)63)49(8,9)50(68-45)26-39(56)34(6)40(67-50)19-15-18-36-27-66-48(53-36)31(3)21-23-52-47(60)44(59)43(58)37(28-64-12)54(10)11/h14-18,20,24,27,31,33-35,37-46,55-59H,19,21,23,25-26,28H2,1-13H3,(H,52,60)(H2,61,62,63)/b16-14+,18-15+,29-20-,30-17-,32-24+/t31-,33+,34-,35-,37-,38-,39+,40-,41-,42+,43-,44-,45+,46-,50?/m1/s1. The van der Waals surface area contributed by atoms with Crippen LogP contribution in [0.3, 0.4) is 0 Å². The minimum Gasteiger partial charge on any atom is -0.448 e. The number of nitrogens with one attached hydrogen (secondary N) is 1. The molecule has 1 amide bonds. The summed E-state index contributed by atoms with van der Waals surface area (Å²) in [5.74, 6) is -3.63. The quantitative estimate of drug-likeness (QED) is 0.0355. The molecule has 396 valence electrons. The number of ether oxygens (including phenoxy) is 4. The van der Waals surface area contributed by atoms with Gasteiger partial charge in [-0.15, -0.1) is 0 Å². The van der Waals surface area contributed by atoms with Gasteiger partial charge in [0.1, 0.15) is 30.3 Å². The minimum absolute atomic E-state index is 0.0645. The molecule has 8 N–H and O–H groups in total. The van der Waals surface area contributed by atoms with E-state index >= 15 is 0 Å². The Labute approximate surface area is 414 Å². The molecule has 0 aliphatic carbocycles. The summed E-state index contributed by atoms with van der Waals surface area (Å²) in [7, 11) is 1.12. The van der Waals surface area contributed by atoms with Crippen LogP contribution in [0.2, 0.25) is 0 Å². The summed E-state index contributed by atoms with van der Waals surface area (Å²) in [6, 6.07) is 1.40. The molecule has 3 rings (SSSR count). The first-order valence-corrected chi connectivity index (χ1v) is 25.4. The number of nitrogens with zero attached hydrogens (tertiary/aromatic N) is 3. The SMILES string of the molecule is COC[C@H]([C@@H](O)[C@@H](O)C(=O)NCC[C@@H](C)c1nc(/C=C/C[C@H]2OC3(C[C@H](O)[C@H]2C)O[C@@H]([C@@H](C[C@@H](O)[C@@H](C)[C@@H](O)[C@@H](C)/C=C(C)/C(C)=C\C=C\C(C)=C/C#N)OC)[C@@H](OP(=O)(O)O)C3(C)C)co1)N(C)C. The molecule has 2 fully saturated rings. The van der Waals surface area contributed by atoms with Crippen LogP contribution in [0.5, 0.6) is 0 Å². The molecule has 0 radical (unpaired) electrons. The average Bonchev–Trinajstić information content (AvgIpc) is 3.84. The van der Waals surface area contributed by atoms with Crippen LogP contribution in [0.25, 0.3) is 6.08 Å². The fraction of sp³-hybridized carbons (Fsp3) is 0.700. The van der Waals surface area contributed by atoms with Gasteiger partial charge in [0.15, 0.2) is 17.8 Å². The van der Waals surface area contributed by atoms with Crippen molar-refractivity contribution in [2.24, 2.45) is 23.2 Å². The van der Waals surface area contributed by atoms with E-state index in [4.69, 9.17) is 33.2 Å². The highest BCUT2D eigenvalue weighted by Gasteiger charge is 2.68. The van der Waals surface area contributed by atoms with Crippen LogP contribution in [0.15, 0.2) is 63.9 Å². The first-order valence-electron chi connectivity index (χ1n) is 23.8. The second-order valence-electron chi connectivity index (χ2n) is 19.9. The third-order valence-corrected chi connectivity index (χ3v) is 14.5. The van der Waals surface area contributed by atoms with Crippen LogP contribution in [-0.2, 0) is 32.8 Å². The van der Waals surface area contributed by atoms with E-state index in [9.17, 15) is 44.7 Å². The monoisotopic (exact) mass is 1010 g/mol. The molecule has 3 heterocycles. The van der Waals surface area contributed by atoms with Crippen molar-refractivity contribution in [3.05, 3.63) is 71.0 Å². The molecule has 1 unspecified atom stereocenters. The highest BCUT2D eigenvalue weighted by Crippen LogP contribution is 2.59. The molecule has 20 heteroatoms. The fourth-order valence-electron chi connectivity index (χ4n) is 8.96. The number of carbonyl (C=O) groups is 1. The summed E-state index contributed by atoms with van der Waals surface area (Å²) in [6.07, 6.45) is 4.10. The molecular weight excluding hydrogens is 928 g/mol. The third kappa shape index (κ3) is 16.3. The van der Waals surface area contributed by atoms with Crippen molar-refractivity contribution in [1.29, 1.82) is 5.26 Å². The summed E-state index contributed by atoms with van der Waals surface area (Å²) >= 11 is 0. The van der Waals surface area contributed by atoms with E-state index in [2.05, 4.69) is 10.3 Å². The van der Waals surface area contributed by atoms with Crippen molar-refractivity contribution >= 4 is 19.8 Å². The predicted octanol–water partition coefficient (Wildman–Crippen LogP) is 4.69. The van der Waals surface area contributed by atoms with Gasteiger partial charge < -0.3 is 68.9 Å². The highest BCUT2D eigenvalue weighted by atomic mass is 31.2. The summed E-state index contributed by atoms with van der Waals surface area (Å²) in [6.45, 7) is 16.6. The average molecular weight is 1010 g/mol. The lowest BCUT2D eigenvalue weighted by molar-refractivity contribution is -0.334. The zero-order valence-electron chi connectivity index (χ0n) is 43.1. The molecule has 0 saturated carbocycles. The van der Waals surface area contributed by atoms with Gasteiger partial charge in [0.2, 0.25) is 0 Å². The summed E-state index contributed by atoms with van der Waals surface area (Å²) in [5.41, 5.74) is 1.87. The van der Waals surface area contributed by atoms with Crippen LogP contribution in [0, 0.1) is 34.5 Å². The van der Waals surface area contributed by atoms with Gasteiger partial charge in [-0.3, -0.25) is 9.32 Å². The first kappa shape index (κ1) is 60.9. The normalized spacial score (nSPS) is 27.6. The number of hydrogen-bond donors (Lipinski definition) is 8. The number of methoxy groups -OCH3 is 2. The zero-order chi connectivity index (χ0) is 52.9. The van der Waals surface area contributed by atoms with Crippen LogP contribution >= 0.6 is 7.82 Å². The maximum Gasteiger partial charge on any atom is 0.469 e. The number of hydrogen-bond acceptors (Lipinski definition) is 16. The van der Waals surface area contributed by atoms with Gasteiger partial charge in [-0.2, -0.15) is 5.26 Å². The molecule has 1 spiro atoms. The number of nitriles is 1. The number of likely N-dealkylation sites (N-methyl/N-ethyl adjacent to an activating group) is 1. The molecule has 1 aromatic heterocycles. The maximum atomic E-state index is 12.6. The molecule has 1 aromatic rings. The number of aliphatic hydroxyl groups is 5.